The zero-order valence-corrected chi connectivity index (χ0v) is 16.2. The first-order valence-electron chi connectivity index (χ1n) is 8.02. The van der Waals surface area contributed by atoms with Crippen molar-refractivity contribution in [1.82, 2.24) is 5.32 Å². The number of rotatable bonds is 11. The average Bonchev–Trinajstić information content (AvgIpc) is 2.67. The van der Waals surface area contributed by atoms with E-state index in [1.54, 1.807) is 0 Å². The third-order valence-corrected chi connectivity index (χ3v) is 5.98. The van der Waals surface area contributed by atoms with E-state index in [0.29, 0.717) is 6.54 Å². The Balaban J connectivity index is 2.25. The molecule has 0 aliphatic rings. The number of alkyl halides is 2. The van der Waals surface area contributed by atoms with E-state index in [9.17, 15) is 4.57 Å². The van der Waals surface area contributed by atoms with Crippen LogP contribution in [0.4, 0.5) is 0 Å². The standard InChI is InChI=1S/C18H22Cl2NO3P/c19-11-13-23-25(22,24-14-12-20)18(17-9-5-2-6-10-17)21-15-16-7-3-1-4-8-16/h1-10,18,21H,11-15H2/t18-/m0/s1. The van der Waals surface area contributed by atoms with Crippen LogP contribution < -0.4 is 5.32 Å². The summed E-state index contributed by atoms with van der Waals surface area (Å²) in [5, 5.41) is 3.31. The number of hydrogen-bond donors (Lipinski definition) is 1. The molecule has 0 aliphatic heterocycles. The summed E-state index contributed by atoms with van der Waals surface area (Å²) in [4.78, 5) is 0. The first kappa shape index (κ1) is 20.4. The molecule has 0 unspecified atom stereocenters. The van der Waals surface area contributed by atoms with Crippen LogP contribution in [-0.4, -0.2) is 25.0 Å². The van der Waals surface area contributed by atoms with E-state index in [2.05, 4.69) is 5.32 Å². The van der Waals surface area contributed by atoms with Gasteiger partial charge in [-0.15, -0.1) is 23.2 Å². The van der Waals surface area contributed by atoms with Crippen molar-refractivity contribution in [2.45, 2.75) is 12.3 Å². The fourth-order valence-corrected chi connectivity index (χ4v) is 4.65. The number of halogens is 2. The van der Waals surface area contributed by atoms with Crippen LogP contribution in [-0.2, 0) is 20.2 Å². The van der Waals surface area contributed by atoms with Crippen LogP contribution >= 0.6 is 30.8 Å². The van der Waals surface area contributed by atoms with Gasteiger partial charge in [0.2, 0.25) is 0 Å². The summed E-state index contributed by atoms with van der Waals surface area (Å²) in [6.07, 6.45) is 0. The summed E-state index contributed by atoms with van der Waals surface area (Å²) in [6, 6.07) is 19.3. The summed E-state index contributed by atoms with van der Waals surface area (Å²) in [5.41, 5.74) is 1.90. The molecular weight excluding hydrogens is 380 g/mol. The summed E-state index contributed by atoms with van der Waals surface area (Å²) in [7, 11) is -3.50. The Bertz CT molecular complexity index is 646. The molecule has 0 amide bonds. The molecule has 0 saturated carbocycles. The number of hydrogen-bond acceptors (Lipinski definition) is 4. The van der Waals surface area contributed by atoms with Gasteiger partial charge in [0, 0.05) is 18.3 Å². The van der Waals surface area contributed by atoms with Gasteiger partial charge >= 0.3 is 7.60 Å². The predicted molar refractivity (Wildman–Crippen MR) is 103 cm³/mol. The SMILES string of the molecule is O=P(OCCCl)(OCCCl)[C@H](NCc1ccccc1)c1ccccc1. The second-order valence-corrected chi connectivity index (χ2v) is 8.13. The van der Waals surface area contributed by atoms with Gasteiger partial charge < -0.3 is 9.05 Å². The summed E-state index contributed by atoms with van der Waals surface area (Å²) < 4.78 is 24.6. The van der Waals surface area contributed by atoms with E-state index < -0.39 is 13.4 Å². The maximum Gasteiger partial charge on any atom is 0.352 e. The normalized spacial score (nSPS) is 12.9. The van der Waals surface area contributed by atoms with Gasteiger partial charge in [0.25, 0.3) is 0 Å². The zero-order valence-electron chi connectivity index (χ0n) is 13.8. The van der Waals surface area contributed by atoms with Gasteiger partial charge in [0.05, 0.1) is 13.2 Å². The van der Waals surface area contributed by atoms with Gasteiger partial charge in [-0.3, -0.25) is 9.88 Å². The van der Waals surface area contributed by atoms with Crippen LogP contribution in [0.1, 0.15) is 16.9 Å². The molecule has 0 radical (unpaired) electrons. The highest BCUT2D eigenvalue weighted by molar-refractivity contribution is 7.54. The molecule has 4 nitrogen and oxygen atoms in total. The van der Waals surface area contributed by atoms with E-state index in [0.717, 1.165) is 11.1 Å². The summed E-state index contributed by atoms with van der Waals surface area (Å²) >= 11 is 11.4. The van der Waals surface area contributed by atoms with Crippen molar-refractivity contribution in [2.75, 3.05) is 25.0 Å². The van der Waals surface area contributed by atoms with Gasteiger partial charge in [0.1, 0.15) is 5.78 Å². The Morgan fingerprint density at radius 3 is 1.92 bits per heavy atom. The first-order chi connectivity index (χ1) is 12.2. The summed E-state index contributed by atoms with van der Waals surface area (Å²) in [6.45, 7) is 0.799. The molecule has 0 bridgehead atoms. The van der Waals surface area contributed by atoms with Crippen LogP contribution in [0.25, 0.3) is 0 Å². The molecule has 136 valence electrons. The minimum atomic E-state index is -3.50. The van der Waals surface area contributed by atoms with E-state index in [4.69, 9.17) is 32.2 Å². The zero-order chi connectivity index (χ0) is 18.0. The molecule has 0 heterocycles. The number of benzene rings is 2. The van der Waals surface area contributed by atoms with Crippen molar-refractivity contribution in [3.05, 3.63) is 71.8 Å². The second kappa shape index (κ2) is 11.0. The minimum Gasteiger partial charge on any atom is -0.306 e. The van der Waals surface area contributed by atoms with Crippen molar-refractivity contribution in [3.8, 4) is 0 Å². The van der Waals surface area contributed by atoms with Crippen LogP contribution in [0.2, 0.25) is 0 Å². The van der Waals surface area contributed by atoms with E-state index >= 15 is 0 Å². The molecule has 0 aliphatic carbocycles. The Labute approximate surface area is 159 Å². The fourth-order valence-electron chi connectivity index (χ4n) is 2.37. The lowest BCUT2D eigenvalue weighted by atomic mass is 10.2. The largest absolute Gasteiger partial charge is 0.352 e. The van der Waals surface area contributed by atoms with Gasteiger partial charge in [0.15, 0.2) is 0 Å². The highest BCUT2D eigenvalue weighted by Gasteiger charge is 2.37. The molecule has 7 heteroatoms. The molecule has 0 aromatic heterocycles. The Morgan fingerprint density at radius 1 is 0.880 bits per heavy atom. The molecule has 0 spiro atoms. The molecular formula is C18H22Cl2NO3P. The second-order valence-electron chi connectivity index (χ2n) is 5.26. The van der Waals surface area contributed by atoms with Crippen LogP contribution in [0.3, 0.4) is 0 Å². The fraction of sp³-hybridized carbons (Fsp3) is 0.333. The molecule has 2 aromatic carbocycles. The predicted octanol–water partition coefficient (Wildman–Crippen LogP) is 5.18. The molecule has 1 N–H and O–H groups in total. The van der Waals surface area contributed by atoms with Crippen LogP contribution in [0.5, 0.6) is 0 Å². The van der Waals surface area contributed by atoms with Gasteiger partial charge in [-0.2, -0.15) is 0 Å². The maximum atomic E-state index is 13.4. The third-order valence-electron chi connectivity index (χ3n) is 3.47. The molecule has 0 saturated heterocycles. The Morgan fingerprint density at radius 2 is 1.40 bits per heavy atom. The average molecular weight is 402 g/mol. The van der Waals surface area contributed by atoms with Gasteiger partial charge in [-0.25, -0.2) is 0 Å². The topological polar surface area (TPSA) is 47.6 Å². The lowest BCUT2D eigenvalue weighted by molar-refractivity contribution is 0.209. The van der Waals surface area contributed by atoms with Gasteiger partial charge in [-0.1, -0.05) is 60.7 Å². The van der Waals surface area contributed by atoms with Crippen molar-refractivity contribution >= 4 is 30.8 Å². The lowest BCUT2D eigenvalue weighted by Crippen LogP contribution is -2.24. The summed E-state index contributed by atoms with van der Waals surface area (Å²) in [5.74, 6) is -0.150. The monoisotopic (exact) mass is 401 g/mol. The van der Waals surface area contributed by atoms with Crippen molar-refractivity contribution in [1.29, 1.82) is 0 Å². The number of nitrogens with one attached hydrogen (secondary N) is 1. The Hall–Kier alpha value is -0.870. The quantitative estimate of drug-likeness (QED) is 0.416. The van der Waals surface area contributed by atoms with E-state index in [-0.39, 0.29) is 25.0 Å². The lowest BCUT2D eigenvalue weighted by Gasteiger charge is -2.28. The Kier molecular flexibility index (Phi) is 8.97. The van der Waals surface area contributed by atoms with Crippen molar-refractivity contribution in [2.24, 2.45) is 0 Å². The molecule has 2 aromatic rings. The van der Waals surface area contributed by atoms with Crippen LogP contribution in [0.15, 0.2) is 60.7 Å². The smallest absolute Gasteiger partial charge is 0.306 e. The first-order valence-corrected chi connectivity index (χ1v) is 10.7. The van der Waals surface area contributed by atoms with E-state index in [1.807, 2.05) is 60.7 Å². The van der Waals surface area contributed by atoms with Crippen LogP contribution in [0, 0.1) is 0 Å². The van der Waals surface area contributed by atoms with Crippen molar-refractivity contribution < 1.29 is 13.6 Å². The molecule has 2 rings (SSSR count). The maximum absolute atomic E-state index is 13.4. The minimum absolute atomic E-state index is 0.136. The van der Waals surface area contributed by atoms with Crippen molar-refractivity contribution in [3.63, 3.8) is 0 Å². The molecule has 25 heavy (non-hydrogen) atoms. The highest BCUT2D eigenvalue weighted by atomic mass is 35.5. The molecule has 1 atom stereocenters. The third kappa shape index (κ3) is 6.41. The van der Waals surface area contributed by atoms with E-state index in [1.165, 1.54) is 0 Å². The highest BCUT2D eigenvalue weighted by Crippen LogP contribution is 2.59. The molecule has 0 fully saturated rings. The van der Waals surface area contributed by atoms with Gasteiger partial charge in [-0.05, 0) is 11.1 Å².